The maximum Gasteiger partial charge on any atom is 0.257 e. The molecule has 0 aliphatic carbocycles. The molecule has 0 saturated carbocycles. The Labute approximate surface area is 126 Å². The van der Waals surface area contributed by atoms with E-state index < -0.39 is 0 Å². The van der Waals surface area contributed by atoms with Gasteiger partial charge in [0.15, 0.2) is 4.34 Å². The van der Waals surface area contributed by atoms with Crippen molar-refractivity contribution >= 4 is 34.1 Å². The van der Waals surface area contributed by atoms with Crippen molar-refractivity contribution in [2.75, 3.05) is 11.1 Å². The number of aryl methyl sites for hydroxylation is 2. The number of thioether (sulfide) groups is 1. The van der Waals surface area contributed by atoms with E-state index in [4.69, 9.17) is 0 Å². The molecule has 1 heterocycles. The van der Waals surface area contributed by atoms with Crippen LogP contribution in [0.3, 0.4) is 0 Å². The lowest BCUT2D eigenvalue weighted by Gasteiger charge is -2.05. The zero-order chi connectivity index (χ0) is 14.5. The Morgan fingerprint density at radius 2 is 2.25 bits per heavy atom. The van der Waals surface area contributed by atoms with Crippen LogP contribution in [-0.2, 0) is 0 Å². The SMILES string of the molecule is C=CCSc1nnc(NC(=O)c2cc(C)ccc2C)s1. The molecule has 0 radical (unpaired) electrons. The number of nitrogens with zero attached hydrogens (tertiary/aromatic N) is 2. The zero-order valence-corrected chi connectivity index (χ0v) is 13.0. The van der Waals surface area contributed by atoms with E-state index >= 15 is 0 Å². The third-order valence-electron chi connectivity index (χ3n) is 2.59. The molecule has 104 valence electrons. The lowest BCUT2D eigenvalue weighted by atomic mass is 10.1. The molecule has 0 atom stereocenters. The van der Waals surface area contributed by atoms with Crippen LogP contribution in [0, 0.1) is 13.8 Å². The smallest absolute Gasteiger partial charge is 0.257 e. The third-order valence-corrected chi connectivity index (χ3v) is 4.56. The van der Waals surface area contributed by atoms with Crippen molar-refractivity contribution in [3.63, 3.8) is 0 Å². The fourth-order valence-corrected chi connectivity index (χ4v) is 3.10. The van der Waals surface area contributed by atoms with Gasteiger partial charge in [0.2, 0.25) is 5.13 Å². The van der Waals surface area contributed by atoms with Gasteiger partial charge in [0.1, 0.15) is 0 Å². The molecule has 0 spiro atoms. The molecule has 20 heavy (non-hydrogen) atoms. The number of benzene rings is 1. The topological polar surface area (TPSA) is 54.9 Å². The van der Waals surface area contributed by atoms with Crippen LogP contribution < -0.4 is 5.32 Å². The minimum atomic E-state index is -0.150. The highest BCUT2D eigenvalue weighted by Gasteiger charge is 2.12. The van der Waals surface area contributed by atoms with Crippen LogP contribution in [0.2, 0.25) is 0 Å². The van der Waals surface area contributed by atoms with Gasteiger partial charge >= 0.3 is 0 Å². The van der Waals surface area contributed by atoms with E-state index in [0.29, 0.717) is 10.7 Å². The number of amides is 1. The highest BCUT2D eigenvalue weighted by Crippen LogP contribution is 2.25. The van der Waals surface area contributed by atoms with Crippen LogP contribution in [0.5, 0.6) is 0 Å². The van der Waals surface area contributed by atoms with Crippen molar-refractivity contribution in [2.24, 2.45) is 0 Å². The molecule has 2 rings (SSSR count). The van der Waals surface area contributed by atoms with Crippen molar-refractivity contribution in [3.05, 3.63) is 47.5 Å². The van der Waals surface area contributed by atoms with Gasteiger partial charge in [-0.1, -0.05) is 46.9 Å². The van der Waals surface area contributed by atoms with E-state index in [1.807, 2.05) is 32.0 Å². The molecular formula is C14H15N3OS2. The average Bonchev–Trinajstić information content (AvgIpc) is 2.86. The van der Waals surface area contributed by atoms with Crippen molar-refractivity contribution < 1.29 is 4.79 Å². The fraction of sp³-hybridized carbons (Fsp3) is 0.214. The Morgan fingerprint density at radius 1 is 1.45 bits per heavy atom. The molecule has 1 N–H and O–H groups in total. The van der Waals surface area contributed by atoms with E-state index in [0.717, 1.165) is 21.2 Å². The van der Waals surface area contributed by atoms with E-state index in [1.54, 1.807) is 17.8 Å². The molecule has 1 aromatic heterocycles. The van der Waals surface area contributed by atoms with E-state index in [2.05, 4.69) is 22.1 Å². The van der Waals surface area contributed by atoms with Crippen molar-refractivity contribution in [3.8, 4) is 0 Å². The molecule has 4 nitrogen and oxygen atoms in total. The van der Waals surface area contributed by atoms with E-state index in [1.165, 1.54) is 11.3 Å². The number of carbonyl (C=O) groups is 1. The van der Waals surface area contributed by atoms with Crippen LogP contribution in [0.4, 0.5) is 5.13 Å². The van der Waals surface area contributed by atoms with Gasteiger partial charge in [-0.2, -0.15) is 0 Å². The van der Waals surface area contributed by atoms with Crippen LogP contribution in [0.25, 0.3) is 0 Å². The molecule has 1 amide bonds. The van der Waals surface area contributed by atoms with Gasteiger partial charge in [-0.3, -0.25) is 10.1 Å². The standard InChI is InChI=1S/C14H15N3OS2/c1-4-7-19-14-17-16-13(20-14)15-12(18)11-8-9(2)5-6-10(11)3/h4-6,8H,1,7H2,2-3H3,(H,15,16,18). The van der Waals surface area contributed by atoms with Crippen molar-refractivity contribution in [1.82, 2.24) is 10.2 Å². The number of nitrogens with one attached hydrogen (secondary N) is 1. The number of hydrogen-bond donors (Lipinski definition) is 1. The maximum absolute atomic E-state index is 12.2. The summed E-state index contributed by atoms with van der Waals surface area (Å²) in [5.74, 6) is 0.627. The number of carbonyl (C=O) groups excluding carboxylic acids is 1. The molecule has 2 aromatic rings. The Morgan fingerprint density at radius 3 is 3.00 bits per heavy atom. The molecule has 0 unspecified atom stereocenters. The Hall–Kier alpha value is -1.66. The molecule has 0 aliphatic heterocycles. The molecule has 0 fully saturated rings. The number of rotatable bonds is 5. The molecule has 6 heteroatoms. The Kier molecular flexibility index (Phi) is 4.92. The van der Waals surface area contributed by atoms with Gasteiger partial charge in [-0.05, 0) is 25.5 Å². The first kappa shape index (κ1) is 14.7. The summed E-state index contributed by atoms with van der Waals surface area (Å²) in [5, 5.41) is 11.3. The monoisotopic (exact) mass is 305 g/mol. The predicted octanol–water partition coefficient (Wildman–Crippen LogP) is 3.69. The molecule has 0 saturated heterocycles. The highest BCUT2D eigenvalue weighted by molar-refractivity contribution is 8.01. The third kappa shape index (κ3) is 3.68. The largest absolute Gasteiger partial charge is 0.296 e. The van der Waals surface area contributed by atoms with Gasteiger partial charge in [0.25, 0.3) is 5.91 Å². The lowest BCUT2D eigenvalue weighted by Crippen LogP contribution is -2.13. The second-order valence-corrected chi connectivity index (χ2v) is 6.49. The summed E-state index contributed by atoms with van der Waals surface area (Å²) < 4.78 is 0.821. The number of anilines is 1. The molecule has 0 aliphatic rings. The molecule has 1 aromatic carbocycles. The summed E-state index contributed by atoms with van der Waals surface area (Å²) in [6, 6.07) is 5.80. The lowest BCUT2D eigenvalue weighted by molar-refractivity contribution is 0.102. The second-order valence-electron chi connectivity index (χ2n) is 4.25. The maximum atomic E-state index is 12.2. The quantitative estimate of drug-likeness (QED) is 0.520. The summed E-state index contributed by atoms with van der Waals surface area (Å²) >= 11 is 2.91. The van der Waals surface area contributed by atoms with Crippen LogP contribution in [-0.4, -0.2) is 21.9 Å². The predicted molar refractivity (Wildman–Crippen MR) is 84.7 cm³/mol. The zero-order valence-electron chi connectivity index (χ0n) is 11.3. The van der Waals surface area contributed by atoms with Gasteiger partial charge < -0.3 is 0 Å². The van der Waals surface area contributed by atoms with E-state index in [9.17, 15) is 4.79 Å². The van der Waals surface area contributed by atoms with E-state index in [-0.39, 0.29) is 5.91 Å². The summed E-state index contributed by atoms with van der Waals surface area (Å²) in [5.41, 5.74) is 2.67. The summed E-state index contributed by atoms with van der Waals surface area (Å²) in [7, 11) is 0. The minimum Gasteiger partial charge on any atom is -0.296 e. The molecular weight excluding hydrogens is 290 g/mol. The normalized spacial score (nSPS) is 10.3. The van der Waals surface area contributed by atoms with Crippen LogP contribution in [0.1, 0.15) is 21.5 Å². The first-order chi connectivity index (χ1) is 9.60. The minimum absolute atomic E-state index is 0.150. The van der Waals surface area contributed by atoms with Gasteiger partial charge in [-0.25, -0.2) is 0 Å². The Bertz CT molecular complexity index is 637. The van der Waals surface area contributed by atoms with Crippen molar-refractivity contribution in [2.45, 2.75) is 18.2 Å². The van der Waals surface area contributed by atoms with Gasteiger partial charge in [0.05, 0.1) is 0 Å². The van der Waals surface area contributed by atoms with Crippen LogP contribution >= 0.6 is 23.1 Å². The summed E-state index contributed by atoms with van der Waals surface area (Å²) in [6.45, 7) is 7.53. The van der Waals surface area contributed by atoms with Gasteiger partial charge in [0, 0.05) is 11.3 Å². The fourth-order valence-electron chi connectivity index (χ4n) is 1.59. The first-order valence-corrected chi connectivity index (χ1v) is 7.86. The Balaban J connectivity index is 2.09. The first-order valence-electron chi connectivity index (χ1n) is 6.06. The number of hydrogen-bond acceptors (Lipinski definition) is 5. The number of aromatic nitrogens is 2. The summed E-state index contributed by atoms with van der Waals surface area (Å²) in [4.78, 5) is 12.2. The highest BCUT2D eigenvalue weighted by atomic mass is 32.2. The van der Waals surface area contributed by atoms with Gasteiger partial charge in [-0.15, -0.1) is 16.8 Å². The second kappa shape index (κ2) is 6.67. The van der Waals surface area contributed by atoms with Crippen LogP contribution in [0.15, 0.2) is 35.2 Å². The molecule has 0 bridgehead atoms. The van der Waals surface area contributed by atoms with Crippen molar-refractivity contribution in [1.29, 1.82) is 0 Å². The average molecular weight is 305 g/mol. The summed E-state index contributed by atoms with van der Waals surface area (Å²) in [6.07, 6.45) is 1.81.